The quantitative estimate of drug-likeness (QED) is 0.276. The van der Waals surface area contributed by atoms with Gasteiger partial charge >= 0.3 is 0 Å². The summed E-state index contributed by atoms with van der Waals surface area (Å²) < 4.78 is 5.87. The van der Waals surface area contributed by atoms with Gasteiger partial charge in [-0.15, -0.1) is 0 Å². The minimum absolute atomic E-state index is 0.794. The third-order valence-corrected chi connectivity index (χ3v) is 7.18. The van der Waals surface area contributed by atoms with E-state index in [0.717, 1.165) is 36.3 Å². The normalized spacial score (nSPS) is 18.6. The van der Waals surface area contributed by atoms with Gasteiger partial charge in [0.25, 0.3) is 0 Å². The van der Waals surface area contributed by atoms with Crippen molar-refractivity contribution < 1.29 is 4.74 Å². The van der Waals surface area contributed by atoms with Crippen LogP contribution < -0.4 is 4.74 Å². The van der Waals surface area contributed by atoms with Crippen LogP contribution in [0.15, 0.2) is 42.6 Å². The summed E-state index contributed by atoms with van der Waals surface area (Å²) in [6.07, 6.45) is 20.7. The number of nitrogens with zero attached hydrogens (tertiary/aromatic N) is 1. The van der Waals surface area contributed by atoms with Gasteiger partial charge in [-0.25, -0.2) is 0 Å². The first-order valence-corrected chi connectivity index (χ1v) is 13.5. The van der Waals surface area contributed by atoms with Crippen molar-refractivity contribution in [1.82, 2.24) is 4.98 Å². The molecule has 2 unspecified atom stereocenters. The second-order valence-corrected chi connectivity index (χ2v) is 9.92. The first-order chi connectivity index (χ1) is 15.8. The number of rotatable bonds is 14. The molecule has 0 radical (unpaired) electrons. The summed E-state index contributed by atoms with van der Waals surface area (Å²) in [5.74, 6) is 2.81. The maximum Gasteiger partial charge on any atom is 0.137 e. The van der Waals surface area contributed by atoms with Gasteiger partial charge in [-0.2, -0.15) is 0 Å². The molecule has 0 spiro atoms. The number of aryl methyl sites for hydroxylation is 1. The van der Waals surface area contributed by atoms with Crippen LogP contribution >= 0.6 is 0 Å². The van der Waals surface area contributed by atoms with Crippen molar-refractivity contribution in [3.8, 4) is 17.0 Å². The van der Waals surface area contributed by atoms with Crippen molar-refractivity contribution in [1.29, 1.82) is 0 Å². The lowest BCUT2D eigenvalue weighted by atomic mass is 9.77. The highest BCUT2D eigenvalue weighted by molar-refractivity contribution is 5.59. The molecular formula is C30H45NO. The molecule has 2 nitrogen and oxygen atoms in total. The highest BCUT2D eigenvalue weighted by atomic mass is 16.5. The predicted octanol–water partition coefficient (Wildman–Crippen LogP) is 9.03. The molecule has 0 saturated heterocycles. The number of pyridine rings is 1. The van der Waals surface area contributed by atoms with E-state index in [1.807, 2.05) is 6.20 Å². The first kappa shape index (κ1) is 24.8. The molecule has 2 aromatic rings. The number of hydrogen-bond donors (Lipinski definition) is 0. The topological polar surface area (TPSA) is 22.1 Å². The van der Waals surface area contributed by atoms with E-state index in [9.17, 15) is 0 Å². The Morgan fingerprint density at radius 2 is 1.56 bits per heavy atom. The molecule has 1 aliphatic carbocycles. The third kappa shape index (κ3) is 8.60. The summed E-state index contributed by atoms with van der Waals surface area (Å²) in [6.45, 7) is 5.38. The van der Waals surface area contributed by atoms with Crippen LogP contribution in [-0.2, 0) is 6.42 Å². The molecule has 2 atom stereocenters. The first-order valence-electron chi connectivity index (χ1n) is 13.5. The molecule has 0 amide bonds. The SMILES string of the molecule is CCCCCCCCOc1ccc(-c2ccc(CCC3CCCC(CCC)C3)cc2)nc1. The zero-order chi connectivity index (χ0) is 22.4. The average Bonchev–Trinajstić information content (AvgIpc) is 2.83. The predicted molar refractivity (Wildman–Crippen MR) is 137 cm³/mol. The fourth-order valence-electron chi connectivity index (χ4n) is 5.26. The number of aromatic nitrogens is 1. The van der Waals surface area contributed by atoms with Crippen LogP contribution in [0.2, 0.25) is 0 Å². The monoisotopic (exact) mass is 435 g/mol. The van der Waals surface area contributed by atoms with E-state index in [2.05, 4.69) is 55.2 Å². The third-order valence-electron chi connectivity index (χ3n) is 7.18. The molecule has 1 saturated carbocycles. The zero-order valence-electron chi connectivity index (χ0n) is 20.7. The Hall–Kier alpha value is -1.83. The van der Waals surface area contributed by atoms with E-state index in [4.69, 9.17) is 4.74 Å². The van der Waals surface area contributed by atoms with Gasteiger partial charge in [0, 0.05) is 5.56 Å². The molecule has 1 heterocycles. The van der Waals surface area contributed by atoms with Gasteiger partial charge < -0.3 is 4.74 Å². The van der Waals surface area contributed by atoms with E-state index < -0.39 is 0 Å². The van der Waals surface area contributed by atoms with E-state index in [1.54, 1.807) is 0 Å². The molecule has 176 valence electrons. The Kier molecular flexibility index (Phi) is 11.1. The number of ether oxygens (including phenoxy) is 1. The molecule has 1 aromatic carbocycles. The Labute approximate surface area is 197 Å². The highest BCUT2D eigenvalue weighted by Crippen LogP contribution is 2.34. The summed E-state index contributed by atoms with van der Waals surface area (Å²) in [7, 11) is 0. The molecule has 32 heavy (non-hydrogen) atoms. The Morgan fingerprint density at radius 1 is 0.812 bits per heavy atom. The molecule has 3 rings (SSSR count). The largest absolute Gasteiger partial charge is 0.492 e. The summed E-state index contributed by atoms with van der Waals surface area (Å²) in [6, 6.07) is 13.2. The molecular weight excluding hydrogens is 390 g/mol. The van der Waals surface area contributed by atoms with Crippen LogP contribution in [0.25, 0.3) is 11.3 Å². The number of unbranched alkanes of at least 4 members (excludes halogenated alkanes) is 5. The van der Waals surface area contributed by atoms with Crippen molar-refractivity contribution in [3.63, 3.8) is 0 Å². The van der Waals surface area contributed by atoms with E-state index in [1.165, 1.54) is 94.6 Å². The van der Waals surface area contributed by atoms with E-state index in [0.29, 0.717) is 0 Å². The van der Waals surface area contributed by atoms with Crippen LogP contribution in [0.3, 0.4) is 0 Å². The lowest BCUT2D eigenvalue weighted by molar-refractivity contribution is 0.243. The van der Waals surface area contributed by atoms with Gasteiger partial charge in [-0.1, -0.05) is 102 Å². The average molecular weight is 436 g/mol. The minimum atomic E-state index is 0.794. The molecule has 1 aromatic heterocycles. The smallest absolute Gasteiger partial charge is 0.137 e. The second kappa shape index (κ2) is 14.3. The standard InChI is InChI=1S/C30H45NO/c1-3-5-6-7-8-9-22-32-29-20-21-30(31-24-29)28-18-16-25(17-19-28)14-15-27-13-10-12-26(23-27)11-4-2/h16-21,24,26-27H,3-15,22-23H2,1-2H3. The van der Waals surface area contributed by atoms with Gasteiger partial charge in [0.15, 0.2) is 0 Å². The highest BCUT2D eigenvalue weighted by Gasteiger charge is 2.21. The lowest BCUT2D eigenvalue weighted by Gasteiger charge is -2.29. The van der Waals surface area contributed by atoms with Gasteiger partial charge in [-0.05, 0) is 55.2 Å². The number of hydrogen-bond acceptors (Lipinski definition) is 2. The summed E-state index contributed by atoms with van der Waals surface area (Å²) in [5.41, 5.74) is 3.68. The van der Waals surface area contributed by atoms with Crippen molar-refractivity contribution in [3.05, 3.63) is 48.2 Å². The number of benzene rings is 1. The maximum absolute atomic E-state index is 5.87. The molecule has 0 N–H and O–H groups in total. The second-order valence-electron chi connectivity index (χ2n) is 9.92. The summed E-state index contributed by atoms with van der Waals surface area (Å²) >= 11 is 0. The molecule has 0 bridgehead atoms. The Morgan fingerprint density at radius 3 is 2.28 bits per heavy atom. The summed E-state index contributed by atoms with van der Waals surface area (Å²) in [4.78, 5) is 4.64. The van der Waals surface area contributed by atoms with Crippen LogP contribution in [0.5, 0.6) is 5.75 Å². The lowest BCUT2D eigenvalue weighted by Crippen LogP contribution is -2.16. The van der Waals surface area contributed by atoms with Gasteiger partial charge in [0.1, 0.15) is 5.75 Å². The molecule has 1 fully saturated rings. The summed E-state index contributed by atoms with van der Waals surface area (Å²) in [5, 5.41) is 0. The van der Waals surface area contributed by atoms with Crippen LogP contribution in [0, 0.1) is 11.8 Å². The fourth-order valence-corrected chi connectivity index (χ4v) is 5.26. The minimum Gasteiger partial charge on any atom is -0.492 e. The van der Waals surface area contributed by atoms with Crippen molar-refractivity contribution in [2.24, 2.45) is 11.8 Å². The van der Waals surface area contributed by atoms with E-state index in [-0.39, 0.29) is 0 Å². The van der Waals surface area contributed by atoms with Crippen molar-refractivity contribution in [2.45, 2.75) is 104 Å². The van der Waals surface area contributed by atoms with Crippen molar-refractivity contribution in [2.75, 3.05) is 6.61 Å². The fraction of sp³-hybridized carbons (Fsp3) is 0.633. The van der Waals surface area contributed by atoms with Gasteiger partial charge in [0.05, 0.1) is 18.5 Å². The zero-order valence-corrected chi connectivity index (χ0v) is 20.7. The van der Waals surface area contributed by atoms with Crippen molar-refractivity contribution >= 4 is 0 Å². The van der Waals surface area contributed by atoms with Crippen LogP contribution in [-0.4, -0.2) is 11.6 Å². The maximum atomic E-state index is 5.87. The van der Waals surface area contributed by atoms with E-state index >= 15 is 0 Å². The Balaban J connectivity index is 1.39. The van der Waals surface area contributed by atoms with Gasteiger partial charge in [0.2, 0.25) is 0 Å². The van der Waals surface area contributed by atoms with Crippen LogP contribution in [0.4, 0.5) is 0 Å². The molecule has 0 aliphatic heterocycles. The van der Waals surface area contributed by atoms with Crippen LogP contribution in [0.1, 0.15) is 103 Å². The van der Waals surface area contributed by atoms with Gasteiger partial charge in [-0.3, -0.25) is 4.98 Å². The molecule has 2 heteroatoms. The Bertz CT molecular complexity index is 734. The molecule has 1 aliphatic rings.